The molecule has 1 aliphatic rings. The van der Waals surface area contributed by atoms with Crippen LogP contribution in [0, 0.1) is 0 Å². The molecule has 2 N–H and O–H groups in total. The maximum Gasteiger partial charge on any atom is 0.164 e. The molecule has 3 nitrogen and oxygen atoms in total. The van der Waals surface area contributed by atoms with Gasteiger partial charge >= 0.3 is 0 Å². The summed E-state index contributed by atoms with van der Waals surface area (Å²) in [5.74, 6) is 0.159. The van der Waals surface area contributed by atoms with Gasteiger partial charge in [0.05, 0.1) is 5.70 Å². The first-order valence-corrected chi connectivity index (χ1v) is 4.32. The van der Waals surface area contributed by atoms with Crippen molar-refractivity contribution in [2.24, 2.45) is 0 Å². The molecule has 0 spiro atoms. The molecular formula is C11H10N2O. The van der Waals surface area contributed by atoms with E-state index in [1.54, 1.807) is 24.5 Å². The largest absolute Gasteiger partial charge is 0.504 e. The van der Waals surface area contributed by atoms with Gasteiger partial charge in [-0.25, -0.2) is 0 Å². The monoisotopic (exact) mass is 186 g/mol. The molecule has 0 atom stereocenters. The van der Waals surface area contributed by atoms with Crippen molar-refractivity contribution in [2.45, 2.75) is 0 Å². The molecule has 0 radical (unpaired) electrons. The Balaban J connectivity index is 2.36. The van der Waals surface area contributed by atoms with Crippen LogP contribution in [0.5, 0.6) is 0 Å². The highest BCUT2D eigenvalue weighted by Crippen LogP contribution is 2.13. The lowest BCUT2D eigenvalue weighted by Crippen LogP contribution is -2.08. The van der Waals surface area contributed by atoms with Crippen molar-refractivity contribution in [3.8, 4) is 0 Å². The fraction of sp³-hybridized carbons (Fsp3) is 0. The molecule has 14 heavy (non-hydrogen) atoms. The smallest absolute Gasteiger partial charge is 0.164 e. The van der Waals surface area contributed by atoms with Crippen LogP contribution in [0.3, 0.4) is 0 Å². The van der Waals surface area contributed by atoms with Gasteiger partial charge < -0.3 is 10.4 Å². The van der Waals surface area contributed by atoms with Gasteiger partial charge in [-0.05, 0) is 24.3 Å². The quantitative estimate of drug-likeness (QED) is 0.659. The lowest BCUT2D eigenvalue weighted by molar-refractivity contribution is 0.501. The van der Waals surface area contributed by atoms with Gasteiger partial charge in [0.25, 0.3) is 0 Å². The maximum atomic E-state index is 9.81. The second-order valence-corrected chi connectivity index (χ2v) is 2.84. The zero-order valence-electron chi connectivity index (χ0n) is 7.51. The summed E-state index contributed by atoms with van der Waals surface area (Å²) in [7, 11) is 0. The van der Waals surface area contributed by atoms with E-state index in [2.05, 4.69) is 10.3 Å². The summed E-state index contributed by atoms with van der Waals surface area (Å²) in [6.07, 6.45) is 8.91. The summed E-state index contributed by atoms with van der Waals surface area (Å²) in [6, 6.07) is 5.41. The van der Waals surface area contributed by atoms with Crippen molar-refractivity contribution < 1.29 is 5.11 Å². The Bertz CT molecular complexity index is 405. The van der Waals surface area contributed by atoms with Crippen LogP contribution < -0.4 is 5.32 Å². The molecule has 1 aromatic heterocycles. The summed E-state index contributed by atoms with van der Waals surface area (Å²) < 4.78 is 0. The molecular weight excluding hydrogens is 176 g/mol. The number of hydrogen-bond acceptors (Lipinski definition) is 3. The number of dihydropyridines is 1. The molecule has 1 aromatic rings. The minimum atomic E-state index is 0.159. The van der Waals surface area contributed by atoms with Crippen LogP contribution in [0.15, 0.2) is 54.5 Å². The Hall–Kier alpha value is -2.03. The van der Waals surface area contributed by atoms with E-state index >= 15 is 0 Å². The highest BCUT2D eigenvalue weighted by Gasteiger charge is 2.05. The number of nitrogens with one attached hydrogen (secondary N) is 1. The van der Waals surface area contributed by atoms with E-state index in [1.807, 2.05) is 24.3 Å². The molecule has 0 saturated carbocycles. The Morgan fingerprint density at radius 1 is 1.29 bits per heavy atom. The summed E-state index contributed by atoms with van der Waals surface area (Å²) in [4.78, 5) is 4.05. The minimum absolute atomic E-state index is 0.159. The standard InChI is InChI=1S/C11H10N2O/c14-11(9-5-1-3-7-12-9)10-6-2-4-8-13-10/h1-8,12,14H. The van der Waals surface area contributed by atoms with Gasteiger partial charge in [0.1, 0.15) is 5.69 Å². The van der Waals surface area contributed by atoms with Crippen molar-refractivity contribution >= 4 is 5.76 Å². The third-order valence-corrected chi connectivity index (χ3v) is 1.87. The zero-order chi connectivity index (χ0) is 9.80. The molecule has 3 heteroatoms. The van der Waals surface area contributed by atoms with E-state index in [4.69, 9.17) is 0 Å². The molecule has 2 rings (SSSR count). The molecule has 0 amide bonds. The Morgan fingerprint density at radius 3 is 2.86 bits per heavy atom. The van der Waals surface area contributed by atoms with E-state index < -0.39 is 0 Å². The van der Waals surface area contributed by atoms with Crippen molar-refractivity contribution in [3.05, 3.63) is 60.2 Å². The Morgan fingerprint density at radius 2 is 2.21 bits per heavy atom. The third kappa shape index (κ3) is 1.66. The van der Waals surface area contributed by atoms with E-state index in [0.29, 0.717) is 11.4 Å². The summed E-state index contributed by atoms with van der Waals surface area (Å²) in [5, 5.41) is 12.8. The first kappa shape index (κ1) is 8.56. The zero-order valence-corrected chi connectivity index (χ0v) is 7.51. The van der Waals surface area contributed by atoms with E-state index in [1.165, 1.54) is 0 Å². The average molecular weight is 186 g/mol. The second kappa shape index (κ2) is 3.79. The number of hydrogen-bond donors (Lipinski definition) is 2. The van der Waals surface area contributed by atoms with Gasteiger partial charge in [-0.3, -0.25) is 4.98 Å². The van der Waals surface area contributed by atoms with Crippen LogP contribution in [0.1, 0.15) is 5.69 Å². The van der Waals surface area contributed by atoms with Crippen LogP contribution in [0.2, 0.25) is 0 Å². The van der Waals surface area contributed by atoms with Gasteiger partial charge in [-0.15, -0.1) is 0 Å². The van der Waals surface area contributed by atoms with Crippen LogP contribution in [0.25, 0.3) is 5.76 Å². The predicted octanol–water partition coefficient (Wildman–Crippen LogP) is 1.98. The fourth-order valence-electron chi connectivity index (χ4n) is 1.18. The van der Waals surface area contributed by atoms with Crippen molar-refractivity contribution in [2.75, 3.05) is 0 Å². The Kier molecular flexibility index (Phi) is 2.32. The molecule has 1 aliphatic heterocycles. The predicted molar refractivity (Wildman–Crippen MR) is 55.2 cm³/mol. The highest BCUT2D eigenvalue weighted by molar-refractivity contribution is 5.61. The molecule has 0 saturated heterocycles. The number of nitrogens with zero attached hydrogens (tertiary/aromatic N) is 1. The maximum absolute atomic E-state index is 9.81. The lowest BCUT2D eigenvalue weighted by atomic mass is 10.2. The number of aliphatic hydroxyl groups excluding tert-OH is 1. The van der Waals surface area contributed by atoms with Crippen molar-refractivity contribution in [1.82, 2.24) is 10.3 Å². The van der Waals surface area contributed by atoms with E-state index in [0.717, 1.165) is 0 Å². The van der Waals surface area contributed by atoms with Gasteiger partial charge in [-0.2, -0.15) is 0 Å². The van der Waals surface area contributed by atoms with Gasteiger partial charge in [0.2, 0.25) is 0 Å². The number of aliphatic hydroxyl groups is 1. The van der Waals surface area contributed by atoms with Crippen LogP contribution >= 0.6 is 0 Å². The number of aromatic nitrogens is 1. The van der Waals surface area contributed by atoms with Crippen molar-refractivity contribution in [3.63, 3.8) is 0 Å². The molecule has 0 aliphatic carbocycles. The first-order valence-electron chi connectivity index (χ1n) is 4.32. The summed E-state index contributed by atoms with van der Waals surface area (Å²) in [5.41, 5.74) is 1.22. The van der Waals surface area contributed by atoms with Gasteiger partial charge in [-0.1, -0.05) is 12.1 Å². The van der Waals surface area contributed by atoms with Crippen molar-refractivity contribution in [1.29, 1.82) is 0 Å². The average Bonchev–Trinajstić information content (AvgIpc) is 2.30. The lowest BCUT2D eigenvalue weighted by Gasteiger charge is -2.08. The number of allylic oxidation sites excluding steroid dienone is 3. The Labute approximate surface area is 82.1 Å². The fourth-order valence-corrected chi connectivity index (χ4v) is 1.18. The summed E-state index contributed by atoms with van der Waals surface area (Å²) in [6.45, 7) is 0. The van der Waals surface area contributed by atoms with E-state index in [9.17, 15) is 5.11 Å². The second-order valence-electron chi connectivity index (χ2n) is 2.84. The molecule has 0 aromatic carbocycles. The molecule has 0 unspecified atom stereocenters. The number of pyridine rings is 1. The van der Waals surface area contributed by atoms with Gasteiger partial charge in [0.15, 0.2) is 5.76 Å². The SMILES string of the molecule is OC(=C1C=CC=CN1)c1ccccn1. The van der Waals surface area contributed by atoms with Gasteiger partial charge in [0, 0.05) is 12.4 Å². The molecule has 2 heterocycles. The number of rotatable bonds is 1. The topological polar surface area (TPSA) is 45.1 Å². The molecule has 0 fully saturated rings. The third-order valence-electron chi connectivity index (χ3n) is 1.87. The highest BCUT2D eigenvalue weighted by atomic mass is 16.3. The molecule has 70 valence electrons. The first-order chi connectivity index (χ1) is 6.88. The van der Waals surface area contributed by atoms with Crippen LogP contribution in [-0.4, -0.2) is 10.1 Å². The van der Waals surface area contributed by atoms with Crippen LogP contribution in [-0.2, 0) is 0 Å². The minimum Gasteiger partial charge on any atom is -0.504 e. The van der Waals surface area contributed by atoms with Crippen LogP contribution in [0.4, 0.5) is 0 Å². The molecule has 0 bridgehead atoms. The normalized spacial score (nSPS) is 17.7. The van der Waals surface area contributed by atoms with E-state index in [-0.39, 0.29) is 5.76 Å². The summed E-state index contributed by atoms with van der Waals surface area (Å²) >= 11 is 0.